The summed E-state index contributed by atoms with van der Waals surface area (Å²) >= 11 is 0. The third-order valence-electron chi connectivity index (χ3n) is 3.85. The molecule has 0 atom stereocenters. The molecule has 0 saturated carbocycles. The predicted octanol–water partition coefficient (Wildman–Crippen LogP) is 4.19. The molecule has 0 aliphatic heterocycles. The van der Waals surface area contributed by atoms with Gasteiger partial charge in [-0.25, -0.2) is 9.97 Å². The molecular weight excluding hydrogens is 312 g/mol. The number of aryl methyl sites for hydroxylation is 1. The molecule has 2 N–H and O–H groups in total. The summed E-state index contributed by atoms with van der Waals surface area (Å²) in [6.07, 6.45) is 2.41. The minimum absolute atomic E-state index is 0.764. The number of ether oxygens (including phenoxy) is 1. The van der Waals surface area contributed by atoms with E-state index in [1.54, 1.807) is 13.4 Å². The smallest absolute Gasteiger partial charge is 0.135 e. The normalized spacial score (nSPS) is 10.3. The van der Waals surface area contributed by atoms with Crippen LogP contribution in [0.25, 0.3) is 0 Å². The number of anilines is 3. The minimum Gasteiger partial charge on any atom is -0.496 e. The summed E-state index contributed by atoms with van der Waals surface area (Å²) in [6.45, 7) is 2.83. The number of benzene rings is 2. The first-order chi connectivity index (χ1) is 12.2. The Morgan fingerprint density at radius 2 is 1.80 bits per heavy atom. The van der Waals surface area contributed by atoms with Gasteiger partial charge in [0.2, 0.25) is 0 Å². The number of nitrogens with one attached hydrogen (secondary N) is 2. The van der Waals surface area contributed by atoms with Crippen molar-refractivity contribution in [3.05, 3.63) is 72.1 Å². The average Bonchev–Trinajstić information content (AvgIpc) is 2.62. The highest BCUT2D eigenvalue weighted by atomic mass is 16.5. The van der Waals surface area contributed by atoms with Gasteiger partial charge >= 0.3 is 0 Å². The van der Waals surface area contributed by atoms with E-state index in [1.807, 2.05) is 36.4 Å². The van der Waals surface area contributed by atoms with Gasteiger partial charge in [0.1, 0.15) is 23.7 Å². The Labute approximate surface area is 148 Å². The van der Waals surface area contributed by atoms with E-state index in [9.17, 15) is 0 Å². The fraction of sp³-hybridized carbons (Fsp3) is 0.200. The summed E-state index contributed by atoms with van der Waals surface area (Å²) in [6, 6.07) is 18.1. The van der Waals surface area contributed by atoms with Crippen LogP contribution in [-0.2, 0) is 6.42 Å². The first kappa shape index (κ1) is 16.8. The zero-order chi connectivity index (χ0) is 17.5. The Morgan fingerprint density at radius 3 is 2.64 bits per heavy atom. The first-order valence-corrected chi connectivity index (χ1v) is 8.26. The molecule has 5 nitrogen and oxygen atoms in total. The summed E-state index contributed by atoms with van der Waals surface area (Å²) in [7, 11) is 1.69. The molecule has 0 spiro atoms. The zero-order valence-electron chi connectivity index (χ0n) is 14.5. The number of rotatable bonds is 7. The van der Waals surface area contributed by atoms with Gasteiger partial charge in [0.05, 0.1) is 7.11 Å². The van der Waals surface area contributed by atoms with Gasteiger partial charge < -0.3 is 15.4 Å². The fourth-order valence-corrected chi connectivity index (χ4v) is 2.63. The van der Waals surface area contributed by atoms with E-state index in [1.165, 1.54) is 11.1 Å². The van der Waals surface area contributed by atoms with Crippen molar-refractivity contribution < 1.29 is 4.74 Å². The molecule has 128 valence electrons. The van der Waals surface area contributed by atoms with Gasteiger partial charge in [-0.05, 0) is 42.7 Å². The molecule has 3 rings (SSSR count). The molecule has 0 bridgehead atoms. The number of hydrogen-bond donors (Lipinski definition) is 2. The van der Waals surface area contributed by atoms with Crippen LogP contribution in [0.2, 0.25) is 0 Å². The summed E-state index contributed by atoms with van der Waals surface area (Å²) in [5.41, 5.74) is 3.39. The summed E-state index contributed by atoms with van der Waals surface area (Å²) < 4.78 is 5.38. The van der Waals surface area contributed by atoms with Crippen LogP contribution in [0.3, 0.4) is 0 Å². The van der Waals surface area contributed by atoms with E-state index in [2.05, 4.69) is 45.7 Å². The lowest BCUT2D eigenvalue weighted by Gasteiger charge is -2.10. The Balaban J connectivity index is 1.60. The topological polar surface area (TPSA) is 59.1 Å². The highest BCUT2D eigenvalue weighted by molar-refractivity contribution is 5.59. The molecule has 0 unspecified atom stereocenters. The van der Waals surface area contributed by atoms with Crippen molar-refractivity contribution in [1.82, 2.24) is 9.97 Å². The monoisotopic (exact) mass is 334 g/mol. The van der Waals surface area contributed by atoms with Crippen molar-refractivity contribution >= 4 is 17.3 Å². The maximum absolute atomic E-state index is 5.38. The lowest BCUT2D eigenvalue weighted by molar-refractivity contribution is 0.410. The highest BCUT2D eigenvalue weighted by Gasteiger charge is 2.03. The van der Waals surface area contributed by atoms with E-state index in [-0.39, 0.29) is 0 Å². The third kappa shape index (κ3) is 4.70. The van der Waals surface area contributed by atoms with E-state index < -0.39 is 0 Å². The molecule has 1 aromatic heterocycles. The third-order valence-corrected chi connectivity index (χ3v) is 3.85. The van der Waals surface area contributed by atoms with Crippen LogP contribution in [0.15, 0.2) is 60.9 Å². The summed E-state index contributed by atoms with van der Waals surface area (Å²) in [4.78, 5) is 8.55. The van der Waals surface area contributed by atoms with Crippen molar-refractivity contribution in [2.45, 2.75) is 13.3 Å². The molecule has 0 radical (unpaired) electrons. The van der Waals surface area contributed by atoms with Gasteiger partial charge in [-0.1, -0.05) is 30.3 Å². The standard InChI is InChI=1S/C20H22N4O/c1-15-6-5-8-17(12-15)24-20-13-19(22-14-23-20)21-11-10-16-7-3-4-9-18(16)25-2/h3-9,12-14H,10-11H2,1-2H3,(H2,21,22,23,24). The Kier molecular flexibility index (Phi) is 5.46. The number of aromatic nitrogens is 2. The molecule has 0 amide bonds. The van der Waals surface area contributed by atoms with Gasteiger partial charge in [0.15, 0.2) is 0 Å². The first-order valence-electron chi connectivity index (χ1n) is 8.26. The maximum atomic E-state index is 5.38. The van der Waals surface area contributed by atoms with Crippen LogP contribution in [0.4, 0.5) is 17.3 Å². The molecule has 0 fully saturated rings. The van der Waals surface area contributed by atoms with E-state index in [0.717, 1.165) is 36.0 Å². The van der Waals surface area contributed by atoms with Gasteiger partial charge in [0.25, 0.3) is 0 Å². The average molecular weight is 334 g/mol. The van der Waals surface area contributed by atoms with Crippen LogP contribution in [0.5, 0.6) is 5.75 Å². The maximum Gasteiger partial charge on any atom is 0.135 e. The SMILES string of the molecule is COc1ccccc1CCNc1cc(Nc2cccc(C)c2)ncn1. The van der Waals surface area contributed by atoms with Crippen LogP contribution >= 0.6 is 0 Å². The van der Waals surface area contributed by atoms with Gasteiger partial charge in [-0.15, -0.1) is 0 Å². The molecule has 1 heterocycles. The van der Waals surface area contributed by atoms with Crippen LogP contribution in [0.1, 0.15) is 11.1 Å². The van der Waals surface area contributed by atoms with E-state index >= 15 is 0 Å². The van der Waals surface area contributed by atoms with Crippen LogP contribution in [-0.4, -0.2) is 23.6 Å². The van der Waals surface area contributed by atoms with Crippen molar-refractivity contribution in [3.8, 4) is 5.75 Å². The second-order valence-electron chi connectivity index (χ2n) is 5.77. The van der Waals surface area contributed by atoms with Crippen LogP contribution < -0.4 is 15.4 Å². The second-order valence-corrected chi connectivity index (χ2v) is 5.77. The Bertz CT molecular complexity index is 835. The Hall–Kier alpha value is -3.08. The molecule has 5 heteroatoms. The van der Waals surface area contributed by atoms with Crippen molar-refractivity contribution in [2.24, 2.45) is 0 Å². The lowest BCUT2D eigenvalue weighted by atomic mass is 10.1. The number of methoxy groups -OCH3 is 1. The van der Waals surface area contributed by atoms with Crippen molar-refractivity contribution in [1.29, 1.82) is 0 Å². The zero-order valence-corrected chi connectivity index (χ0v) is 14.5. The minimum atomic E-state index is 0.764. The molecule has 0 aliphatic carbocycles. The van der Waals surface area contributed by atoms with E-state index in [4.69, 9.17) is 4.74 Å². The van der Waals surface area contributed by atoms with Gasteiger partial charge in [-0.2, -0.15) is 0 Å². The molecular formula is C20H22N4O. The van der Waals surface area contributed by atoms with Gasteiger partial charge in [0, 0.05) is 18.3 Å². The number of para-hydroxylation sites is 1. The Morgan fingerprint density at radius 1 is 0.960 bits per heavy atom. The lowest BCUT2D eigenvalue weighted by Crippen LogP contribution is -2.08. The largest absolute Gasteiger partial charge is 0.496 e. The highest BCUT2D eigenvalue weighted by Crippen LogP contribution is 2.19. The molecule has 2 aromatic carbocycles. The fourth-order valence-electron chi connectivity index (χ4n) is 2.63. The molecule has 0 aliphatic rings. The van der Waals surface area contributed by atoms with Crippen LogP contribution in [0, 0.1) is 6.92 Å². The van der Waals surface area contributed by atoms with Gasteiger partial charge in [-0.3, -0.25) is 0 Å². The molecule has 0 saturated heterocycles. The predicted molar refractivity (Wildman–Crippen MR) is 102 cm³/mol. The molecule has 25 heavy (non-hydrogen) atoms. The van der Waals surface area contributed by atoms with Crippen molar-refractivity contribution in [2.75, 3.05) is 24.3 Å². The summed E-state index contributed by atoms with van der Waals surface area (Å²) in [5.74, 6) is 2.47. The molecule has 3 aromatic rings. The number of hydrogen-bond acceptors (Lipinski definition) is 5. The quantitative estimate of drug-likeness (QED) is 0.678. The van der Waals surface area contributed by atoms with E-state index in [0.29, 0.717) is 0 Å². The number of nitrogens with zero attached hydrogens (tertiary/aromatic N) is 2. The van der Waals surface area contributed by atoms with Crippen molar-refractivity contribution in [3.63, 3.8) is 0 Å². The second kappa shape index (κ2) is 8.15. The summed E-state index contributed by atoms with van der Waals surface area (Å²) in [5, 5.41) is 6.64.